The summed E-state index contributed by atoms with van der Waals surface area (Å²) in [5.41, 5.74) is 0. The van der Waals surface area contributed by atoms with Crippen LogP contribution >= 0.6 is 0 Å². The molecule has 0 amide bonds. The first-order chi connectivity index (χ1) is 6.36. The van der Waals surface area contributed by atoms with Crippen LogP contribution in [0.25, 0.3) is 0 Å². The fraction of sp³-hybridized carbons (Fsp3) is 0.600. The van der Waals surface area contributed by atoms with Gasteiger partial charge >= 0.3 is 0 Å². The van der Waals surface area contributed by atoms with Crippen LogP contribution in [0.2, 0.25) is 0 Å². The average Bonchev–Trinajstić information content (AvgIpc) is 2.74. The predicted octanol–water partition coefficient (Wildman–Crippen LogP) is 1.72. The molecule has 2 rings (SSSR count). The van der Waals surface area contributed by atoms with Crippen molar-refractivity contribution in [2.75, 3.05) is 13.1 Å². The van der Waals surface area contributed by atoms with Gasteiger partial charge in [-0.15, -0.1) is 0 Å². The van der Waals surface area contributed by atoms with E-state index in [0.29, 0.717) is 6.10 Å². The molecular formula is C10H15NO2. The van der Waals surface area contributed by atoms with Gasteiger partial charge in [-0.05, 0) is 32.0 Å². The molecule has 3 heteroatoms. The van der Waals surface area contributed by atoms with E-state index in [1.807, 2.05) is 19.1 Å². The molecule has 1 saturated heterocycles. The van der Waals surface area contributed by atoms with E-state index < -0.39 is 0 Å². The van der Waals surface area contributed by atoms with Crippen LogP contribution < -0.4 is 5.32 Å². The van der Waals surface area contributed by atoms with Gasteiger partial charge in [0.2, 0.25) is 0 Å². The zero-order valence-corrected chi connectivity index (χ0v) is 7.82. The lowest BCUT2D eigenvalue weighted by Crippen LogP contribution is -2.18. The SMILES string of the molecule is C[C@H](O[C@@H]1CCNC1)c1ccco1. The summed E-state index contributed by atoms with van der Waals surface area (Å²) in [6.45, 7) is 4.05. The third-order valence-electron chi connectivity index (χ3n) is 2.36. The van der Waals surface area contributed by atoms with Crippen LogP contribution in [0.4, 0.5) is 0 Å². The van der Waals surface area contributed by atoms with Gasteiger partial charge in [-0.1, -0.05) is 0 Å². The molecule has 1 aliphatic heterocycles. The Balaban J connectivity index is 1.87. The van der Waals surface area contributed by atoms with Crippen molar-refractivity contribution < 1.29 is 9.15 Å². The third kappa shape index (κ3) is 2.11. The summed E-state index contributed by atoms with van der Waals surface area (Å²) < 4.78 is 11.1. The van der Waals surface area contributed by atoms with Crippen LogP contribution in [-0.2, 0) is 4.74 Å². The van der Waals surface area contributed by atoms with Gasteiger partial charge in [0.05, 0.1) is 12.4 Å². The molecule has 0 saturated carbocycles. The normalized spacial score (nSPS) is 24.8. The first-order valence-electron chi connectivity index (χ1n) is 4.76. The molecule has 0 radical (unpaired) electrons. The lowest BCUT2D eigenvalue weighted by atomic mass is 10.2. The number of furan rings is 1. The number of ether oxygens (including phenoxy) is 1. The van der Waals surface area contributed by atoms with Crippen molar-refractivity contribution in [2.45, 2.75) is 25.6 Å². The van der Waals surface area contributed by atoms with Gasteiger partial charge < -0.3 is 14.5 Å². The maximum atomic E-state index is 5.80. The largest absolute Gasteiger partial charge is 0.467 e. The van der Waals surface area contributed by atoms with Gasteiger partial charge in [-0.3, -0.25) is 0 Å². The van der Waals surface area contributed by atoms with Crippen LogP contribution in [0.15, 0.2) is 22.8 Å². The first kappa shape index (κ1) is 8.78. The second-order valence-corrected chi connectivity index (χ2v) is 3.41. The summed E-state index contributed by atoms with van der Waals surface area (Å²) in [6.07, 6.45) is 3.20. The van der Waals surface area contributed by atoms with Gasteiger partial charge in [-0.25, -0.2) is 0 Å². The van der Waals surface area contributed by atoms with Crippen LogP contribution in [-0.4, -0.2) is 19.2 Å². The smallest absolute Gasteiger partial charge is 0.132 e. The van der Waals surface area contributed by atoms with E-state index in [-0.39, 0.29) is 6.10 Å². The molecule has 72 valence electrons. The maximum Gasteiger partial charge on any atom is 0.132 e. The van der Waals surface area contributed by atoms with Gasteiger partial charge in [0.1, 0.15) is 11.9 Å². The summed E-state index contributed by atoms with van der Waals surface area (Å²) in [4.78, 5) is 0. The molecule has 0 bridgehead atoms. The number of rotatable bonds is 3. The zero-order chi connectivity index (χ0) is 9.10. The monoisotopic (exact) mass is 181 g/mol. The third-order valence-corrected chi connectivity index (χ3v) is 2.36. The lowest BCUT2D eigenvalue weighted by Gasteiger charge is -2.15. The summed E-state index contributed by atoms with van der Waals surface area (Å²) in [7, 11) is 0. The minimum atomic E-state index is 0.0694. The van der Waals surface area contributed by atoms with E-state index >= 15 is 0 Å². The quantitative estimate of drug-likeness (QED) is 0.771. The van der Waals surface area contributed by atoms with E-state index in [1.54, 1.807) is 6.26 Å². The highest BCUT2D eigenvalue weighted by Gasteiger charge is 2.19. The Hall–Kier alpha value is -0.800. The highest BCUT2D eigenvalue weighted by atomic mass is 16.5. The highest BCUT2D eigenvalue weighted by molar-refractivity contribution is 5.01. The van der Waals surface area contributed by atoms with Crippen LogP contribution in [0.3, 0.4) is 0 Å². The minimum Gasteiger partial charge on any atom is -0.467 e. The van der Waals surface area contributed by atoms with E-state index in [2.05, 4.69) is 5.32 Å². The highest BCUT2D eigenvalue weighted by Crippen LogP contribution is 2.20. The Morgan fingerprint density at radius 2 is 2.62 bits per heavy atom. The lowest BCUT2D eigenvalue weighted by molar-refractivity contribution is -0.00297. The summed E-state index contributed by atoms with van der Waals surface area (Å²) in [5, 5.41) is 3.27. The standard InChI is InChI=1S/C10H15NO2/c1-8(10-3-2-6-12-10)13-9-4-5-11-7-9/h2-3,6,8-9,11H,4-5,7H2,1H3/t8-,9+/m0/s1. The van der Waals surface area contributed by atoms with Crippen molar-refractivity contribution in [1.82, 2.24) is 5.32 Å². The molecule has 2 heterocycles. The molecule has 13 heavy (non-hydrogen) atoms. The average molecular weight is 181 g/mol. The Bertz CT molecular complexity index is 239. The second-order valence-electron chi connectivity index (χ2n) is 3.41. The van der Waals surface area contributed by atoms with E-state index in [9.17, 15) is 0 Å². The van der Waals surface area contributed by atoms with Crippen molar-refractivity contribution in [1.29, 1.82) is 0 Å². The van der Waals surface area contributed by atoms with Crippen molar-refractivity contribution >= 4 is 0 Å². The Kier molecular flexibility index (Phi) is 2.66. The molecule has 2 atom stereocenters. The Morgan fingerprint density at radius 1 is 1.69 bits per heavy atom. The van der Waals surface area contributed by atoms with Crippen LogP contribution in [0.5, 0.6) is 0 Å². The molecule has 0 aliphatic carbocycles. The van der Waals surface area contributed by atoms with Crippen LogP contribution in [0.1, 0.15) is 25.2 Å². The van der Waals surface area contributed by atoms with Gasteiger partial charge in [0, 0.05) is 6.54 Å². The first-order valence-corrected chi connectivity index (χ1v) is 4.76. The molecule has 0 aromatic carbocycles. The number of nitrogens with one attached hydrogen (secondary N) is 1. The number of hydrogen-bond acceptors (Lipinski definition) is 3. The molecule has 1 N–H and O–H groups in total. The van der Waals surface area contributed by atoms with Crippen molar-refractivity contribution in [2.24, 2.45) is 0 Å². The molecule has 3 nitrogen and oxygen atoms in total. The molecular weight excluding hydrogens is 166 g/mol. The fourth-order valence-corrected chi connectivity index (χ4v) is 1.62. The van der Waals surface area contributed by atoms with Crippen molar-refractivity contribution in [3.8, 4) is 0 Å². The second kappa shape index (κ2) is 3.94. The van der Waals surface area contributed by atoms with Crippen molar-refractivity contribution in [3.05, 3.63) is 24.2 Å². The van der Waals surface area contributed by atoms with E-state index in [0.717, 1.165) is 25.3 Å². The van der Waals surface area contributed by atoms with Crippen molar-refractivity contribution in [3.63, 3.8) is 0 Å². The molecule has 1 aromatic heterocycles. The summed E-state index contributed by atoms with van der Waals surface area (Å²) in [6, 6.07) is 3.84. The zero-order valence-electron chi connectivity index (χ0n) is 7.82. The fourth-order valence-electron chi connectivity index (χ4n) is 1.62. The predicted molar refractivity (Wildman–Crippen MR) is 49.5 cm³/mol. The van der Waals surface area contributed by atoms with E-state index in [4.69, 9.17) is 9.15 Å². The minimum absolute atomic E-state index is 0.0694. The Morgan fingerprint density at radius 3 is 3.23 bits per heavy atom. The molecule has 0 spiro atoms. The Labute approximate surface area is 78.1 Å². The summed E-state index contributed by atoms with van der Waals surface area (Å²) >= 11 is 0. The van der Waals surface area contributed by atoms with Gasteiger partial charge in [0.25, 0.3) is 0 Å². The maximum absolute atomic E-state index is 5.80. The molecule has 0 unspecified atom stereocenters. The molecule has 1 aliphatic rings. The van der Waals surface area contributed by atoms with Gasteiger partial charge in [0.15, 0.2) is 0 Å². The topological polar surface area (TPSA) is 34.4 Å². The van der Waals surface area contributed by atoms with E-state index in [1.165, 1.54) is 0 Å². The van der Waals surface area contributed by atoms with Crippen LogP contribution in [0, 0.1) is 0 Å². The molecule has 1 fully saturated rings. The number of hydrogen-bond donors (Lipinski definition) is 1. The van der Waals surface area contributed by atoms with Gasteiger partial charge in [-0.2, -0.15) is 0 Å². The summed E-state index contributed by atoms with van der Waals surface area (Å²) in [5.74, 6) is 0.909. The molecule has 1 aromatic rings.